The summed E-state index contributed by atoms with van der Waals surface area (Å²) in [6.07, 6.45) is 1.71. The summed E-state index contributed by atoms with van der Waals surface area (Å²) < 4.78 is 7.49. The number of aryl methyl sites for hydroxylation is 1. The van der Waals surface area contributed by atoms with E-state index in [1.165, 1.54) is 21.0 Å². The number of fused-ring (bicyclic) bond motifs is 1. The number of benzene rings is 2. The molecule has 0 unspecified atom stereocenters. The van der Waals surface area contributed by atoms with Crippen molar-refractivity contribution in [1.82, 2.24) is 19.9 Å². The zero-order chi connectivity index (χ0) is 16.5. The minimum atomic E-state index is -0.0897. The molecule has 2 heterocycles. The molecule has 0 aliphatic carbocycles. The van der Waals surface area contributed by atoms with E-state index in [2.05, 4.69) is 34.6 Å². The largest absolute Gasteiger partial charge is 0.370 e. The molecule has 4 rings (SSSR count). The molecule has 3 aromatic rings. The summed E-state index contributed by atoms with van der Waals surface area (Å²) in [7, 11) is 1.75. The first-order valence-corrected chi connectivity index (χ1v) is 7.94. The lowest BCUT2D eigenvalue weighted by Crippen LogP contribution is -2.54. The molecule has 6 nitrogen and oxygen atoms in total. The number of nitrogens with zero attached hydrogens (tertiary/aromatic N) is 4. The van der Waals surface area contributed by atoms with Crippen LogP contribution in [0.5, 0.6) is 0 Å². The van der Waals surface area contributed by atoms with Gasteiger partial charge in [-0.3, -0.25) is 9.48 Å². The molecule has 1 aliphatic heterocycles. The Morgan fingerprint density at radius 3 is 2.79 bits per heavy atom. The van der Waals surface area contributed by atoms with Gasteiger partial charge in [-0.2, -0.15) is 0 Å². The Bertz CT molecular complexity index is 878. The van der Waals surface area contributed by atoms with E-state index in [1.807, 2.05) is 18.2 Å². The number of rotatable bonds is 4. The molecule has 2 aromatic carbocycles. The Kier molecular flexibility index (Phi) is 3.74. The molecule has 1 aromatic heterocycles. The van der Waals surface area contributed by atoms with E-state index in [9.17, 15) is 4.79 Å². The number of hydrogen-bond acceptors (Lipinski definition) is 4. The smallest absolute Gasteiger partial charge is 0.276 e. The van der Waals surface area contributed by atoms with Crippen molar-refractivity contribution in [3.63, 3.8) is 0 Å². The summed E-state index contributed by atoms with van der Waals surface area (Å²) in [5.74, 6) is -0.0897. The molecule has 1 amide bonds. The van der Waals surface area contributed by atoms with Crippen molar-refractivity contribution in [3.8, 4) is 0 Å². The molecule has 122 valence electrons. The van der Waals surface area contributed by atoms with Gasteiger partial charge in [-0.05, 0) is 16.3 Å². The predicted octanol–water partition coefficient (Wildman–Crippen LogP) is 2.01. The van der Waals surface area contributed by atoms with Crippen molar-refractivity contribution >= 4 is 16.7 Å². The number of carbonyl (C=O) groups excluding carboxylic acids is 1. The molecule has 1 saturated heterocycles. The zero-order valence-corrected chi connectivity index (χ0v) is 13.4. The van der Waals surface area contributed by atoms with E-state index in [4.69, 9.17) is 4.74 Å². The van der Waals surface area contributed by atoms with Gasteiger partial charge in [-0.1, -0.05) is 47.7 Å². The van der Waals surface area contributed by atoms with Gasteiger partial charge in [-0.25, -0.2) is 0 Å². The lowest BCUT2D eigenvalue weighted by atomic mass is 10.1. The average molecular weight is 322 g/mol. The number of aromatic nitrogens is 3. The third kappa shape index (κ3) is 2.76. The van der Waals surface area contributed by atoms with Gasteiger partial charge in [0.15, 0.2) is 5.69 Å². The van der Waals surface area contributed by atoms with Crippen LogP contribution >= 0.6 is 0 Å². The monoisotopic (exact) mass is 322 g/mol. The van der Waals surface area contributed by atoms with Crippen molar-refractivity contribution in [2.24, 2.45) is 7.05 Å². The second kappa shape index (κ2) is 6.05. The molecule has 0 radical (unpaired) electrons. The number of likely N-dealkylation sites (tertiary alicyclic amines) is 1. The Balaban J connectivity index is 1.34. The molecule has 24 heavy (non-hydrogen) atoms. The van der Waals surface area contributed by atoms with Gasteiger partial charge in [0.2, 0.25) is 0 Å². The molecular formula is C18H18N4O2. The van der Waals surface area contributed by atoms with Crippen LogP contribution in [0.2, 0.25) is 0 Å². The fourth-order valence-electron chi connectivity index (χ4n) is 2.94. The van der Waals surface area contributed by atoms with Crippen LogP contribution in [0, 0.1) is 0 Å². The van der Waals surface area contributed by atoms with E-state index < -0.39 is 0 Å². The molecule has 6 heteroatoms. The topological polar surface area (TPSA) is 60.2 Å². The highest BCUT2D eigenvalue weighted by molar-refractivity contribution is 5.92. The summed E-state index contributed by atoms with van der Waals surface area (Å²) in [5.41, 5.74) is 1.55. The molecule has 0 spiro atoms. The minimum absolute atomic E-state index is 0.0737. The van der Waals surface area contributed by atoms with Crippen LogP contribution < -0.4 is 0 Å². The fraction of sp³-hybridized carbons (Fsp3) is 0.278. The van der Waals surface area contributed by atoms with Gasteiger partial charge < -0.3 is 9.64 Å². The number of amides is 1. The third-order valence-corrected chi connectivity index (χ3v) is 4.31. The van der Waals surface area contributed by atoms with Crippen molar-refractivity contribution in [1.29, 1.82) is 0 Å². The van der Waals surface area contributed by atoms with Crippen molar-refractivity contribution in [2.75, 3.05) is 13.1 Å². The minimum Gasteiger partial charge on any atom is -0.370 e. The molecule has 1 fully saturated rings. The van der Waals surface area contributed by atoms with E-state index in [0.717, 1.165) is 0 Å². The molecule has 0 saturated carbocycles. The van der Waals surface area contributed by atoms with Gasteiger partial charge in [0.1, 0.15) is 0 Å². The Labute approximate surface area is 139 Å². The zero-order valence-electron chi connectivity index (χ0n) is 13.4. The third-order valence-electron chi connectivity index (χ3n) is 4.31. The lowest BCUT2D eigenvalue weighted by molar-refractivity contribution is -0.0501. The number of hydrogen-bond donors (Lipinski definition) is 0. The normalized spacial score (nSPS) is 14.8. The Hall–Kier alpha value is -2.73. The Morgan fingerprint density at radius 2 is 2.00 bits per heavy atom. The van der Waals surface area contributed by atoms with E-state index in [-0.39, 0.29) is 12.0 Å². The molecular weight excluding hydrogens is 304 g/mol. The maximum absolute atomic E-state index is 12.2. The van der Waals surface area contributed by atoms with Gasteiger partial charge in [0.25, 0.3) is 5.91 Å². The molecule has 0 bridgehead atoms. The SMILES string of the molecule is Cn1cc(C(=O)N2CC(OCc3cccc4ccccc34)C2)nn1. The summed E-state index contributed by atoms with van der Waals surface area (Å²) in [6, 6.07) is 14.5. The summed E-state index contributed by atoms with van der Waals surface area (Å²) in [4.78, 5) is 13.9. The van der Waals surface area contributed by atoms with Crippen LogP contribution in [-0.2, 0) is 18.4 Å². The van der Waals surface area contributed by atoms with Crippen LogP contribution in [0.3, 0.4) is 0 Å². The Morgan fingerprint density at radius 1 is 1.21 bits per heavy atom. The van der Waals surface area contributed by atoms with E-state index in [0.29, 0.717) is 25.4 Å². The first-order valence-electron chi connectivity index (χ1n) is 7.94. The highest BCUT2D eigenvalue weighted by Gasteiger charge is 2.33. The highest BCUT2D eigenvalue weighted by atomic mass is 16.5. The fourth-order valence-corrected chi connectivity index (χ4v) is 2.94. The van der Waals surface area contributed by atoms with E-state index in [1.54, 1.807) is 18.1 Å². The molecule has 0 atom stereocenters. The van der Waals surface area contributed by atoms with Crippen molar-refractivity contribution < 1.29 is 9.53 Å². The maximum Gasteiger partial charge on any atom is 0.276 e. The first kappa shape index (κ1) is 14.8. The molecule has 1 aliphatic rings. The van der Waals surface area contributed by atoms with Gasteiger partial charge in [-0.15, -0.1) is 5.10 Å². The standard InChI is InChI=1S/C18H18N4O2/c1-21-11-17(19-20-21)18(23)22-9-15(10-22)24-12-14-7-4-6-13-5-2-3-8-16(13)14/h2-8,11,15H,9-10,12H2,1H3. The van der Waals surface area contributed by atoms with Crippen molar-refractivity contribution in [2.45, 2.75) is 12.7 Å². The summed E-state index contributed by atoms with van der Waals surface area (Å²) in [6.45, 7) is 1.75. The van der Waals surface area contributed by atoms with Crippen molar-refractivity contribution in [3.05, 3.63) is 59.9 Å². The number of carbonyl (C=O) groups is 1. The average Bonchev–Trinajstić information content (AvgIpc) is 3.00. The van der Waals surface area contributed by atoms with Crippen LogP contribution in [0.15, 0.2) is 48.7 Å². The van der Waals surface area contributed by atoms with Gasteiger partial charge in [0, 0.05) is 20.1 Å². The predicted molar refractivity (Wildman–Crippen MR) is 89.4 cm³/mol. The lowest BCUT2D eigenvalue weighted by Gasteiger charge is -2.38. The number of ether oxygens (including phenoxy) is 1. The quantitative estimate of drug-likeness (QED) is 0.737. The second-order valence-corrected chi connectivity index (χ2v) is 6.06. The van der Waals surface area contributed by atoms with Gasteiger partial charge >= 0.3 is 0 Å². The summed E-state index contributed by atoms with van der Waals surface area (Å²) in [5, 5.41) is 10.1. The molecule has 0 N–H and O–H groups in total. The van der Waals surface area contributed by atoms with E-state index >= 15 is 0 Å². The van der Waals surface area contributed by atoms with Crippen LogP contribution in [-0.4, -0.2) is 45.0 Å². The maximum atomic E-state index is 12.2. The van der Waals surface area contributed by atoms with Crippen LogP contribution in [0.1, 0.15) is 16.1 Å². The summed E-state index contributed by atoms with van der Waals surface area (Å²) >= 11 is 0. The van der Waals surface area contributed by atoms with Crippen LogP contribution in [0.25, 0.3) is 10.8 Å². The first-order chi connectivity index (χ1) is 11.7. The van der Waals surface area contributed by atoms with Crippen LogP contribution in [0.4, 0.5) is 0 Å². The second-order valence-electron chi connectivity index (χ2n) is 6.06. The van der Waals surface area contributed by atoms with Gasteiger partial charge in [0.05, 0.1) is 18.9 Å². The highest BCUT2D eigenvalue weighted by Crippen LogP contribution is 2.21.